The Morgan fingerprint density at radius 3 is 2.76 bits per heavy atom. The SMILES string of the molecule is O=C(/C=C/c1ccc2c(c1)CCC2N(CCO[C@@H]1O[C@H](CO)[C@@H](O)[C@H](O)[C@H]1O)CCc1c[nH]c2ccccc12)NO. The second-order valence-corrected chi connectivity index (χ2v) is 10.5. The maximum absolute atomic E-state index is 11.4. The maximum Gasteiger partial charge on any atom is 0.267 e. The number of aromatic nitrogens is 1. The van der Waals surface area contributed by atoms with Gasteiger partial charge in [-0.25, -0.2) is 5.48 Å². The highest BCUT2D eigenvalue weighted by molar-refractivity contribution is 5.90. The van der Waals surface area contributed by atoms with Crippen LogP contribution in [-0.2, 0) is 27.1 Å². The highest BCUT2D eigenvalue weighted by atomic mass is 16.7. The Bertz CT molecular complexity index is 1360. The lowest BCUT2D eigenvalue weighted by Gasteiger charge is -2.40. The second-order valence-electron chi connectivity index (χ2n) is 10.5. The molecule has 0 bridgehead atoms. The summed E-state index contributed by atoms with van der Waals surface area (Å²) in [6.45, 7) is 0.934. The second kappa shape index (κ2) is 13.2. The van der Waals surface area contributed by atoms with E-state index in [2.05, 4.69) is 28.1 Å². The molecule has 1 aromatic heterocycles. The third-order valence-electron chi connectivity index (χ3n) is 8.04. The van der Waals surface area contributed by atoms with Crippen molar-refractivity contribution in [3.05, 3.63) is 77.0 Å². The maximum atomic E-state index is 11.4. The molecule has 41 heavy (non-hydrogen) atoms. The van der Waals surface area contributed by atoms with E-state index < -0.39 is 43.2 Å². The van der Waals surface area contributed by atoms with Gasteiger partial charge in [-0.2, -0.15) is 0 Å². The lowest BCUT2D eigenvalue weighted by atomic mass is 9.99. The number of aromatic amines is 1. The van der Waals surface area contributed by atoms with Gasteiger partial charge in [-0.15, -0.1) is 0 Å². The van der Waals surface area contributed by atoms with E-state index in [1.54, 1.807) is 11.6 Å². The van der Waals surface area contributed by atoms with Gasteiger partial charge in [-0.3, -0.25) is 14.9 Å². The minimum atomic E-state index is -1.49. The van der Waals surface area contributed by atoms with Gasteiger partial charge in [0.25, 0.3) is 5.91 Å². The van der Waals surface area contributed by atoms with E-state index in [9.17, 15) is 25.2 Å². The molecule has 6 atom stereocenters. The monoisotopic (exact) mass is 567 g/mol. The molecule has 1 fully saturated rings. The first-order valence-electron chi connectivity index (χ1n) is 13.9. The number of nitrogens with zero attached hydrogens (tertiary/aromatic N) is 1. The van der Waals surface area contributed by atoms with Crippen molar-refractivity contribution in [1.82, 2.24) is 15.4 Å². The molecule has 11 heteroatoms. The number of nitrogens with one attached hydrogen (secondary N) is 2. The first-order valence-corrected chi connectivity index (χ1v) is 13.9. The molecule has 1 aliphatic carbocycles. The van der Waals surface area contributed by atoms with Crippen molar-refractivity contribution in [3.8, 4) is 0 Å². The fourth-order valence-electron chi connectivity index (χ4n) is 5.82. The van der Waals surface area contributed by atoms with Crippen LogP contribution in [0, 0.1) is 0 Å². The van der Waals surface area contributed by atoms with Gasteiger partial charge >= 0.3 is 0 Å². The van der Waals surface area contributed by atoms with Gasteiger partial charge in [0.2, 0.25) is 0 Å². The Kier molecular flexibility index (Phi) is 9.48. The zero-order valence-corrected chi connectivity index (χ0v) is 22.6. The van der Waals surface area contributed by atoms with E-state index in [1.807, 2.05) is 30.5 Å². The number of amides is 1. The summed E-state index contributed by atoms with van der Waals surface area (Å²) in [6, 6.07) is 14.4. The first-order chi connectivity index (χ1) is 19.9. The standard InChI is InChI=1S/C30H37N3O8/c34-17-25-27(36)28(37)29(38)30(41-25)40-14-13-33(12-11-20-16-31-23-4-2-1-3-21(20)23)24-9-7-19-15-18(5-8-22(19)24)6-10-26(35)32-39/h1-6,8,10,15-16,24-25,27-31,34,36-39H,7,9,11-14,17H2,(H,32,35)/b10-6+/t24?,25-,27-,28+,29-,30-/m1/s1. The van der Waals surface area contributed by atoms with E-state index in [0.29, 0.717) is 6.54 Å². The number of para-hydroxylation sites is 1. The highest BCUT2D eigenvalue weighted by Crippen LogP contribution is 2.37. The Morgan fingerprint density at radius 1 is 1.12 bits per heavy atom. The normalized spacial score (nSPS) is 26.2. The van der Waals surface area contributed by atoms with Crippen molar-refractivity contribution < 1.29 is 39.9 Å². The van der Waals surface area contributed by atoms with Gasteiger partial charge in [0, 0.05) is 42.3 Å². The lowest BCUT2D eigenvalue weighted by molar-refractivity contribution is -0.301. The summed E-state index contributed by atoms with van der Waals surface area (Å²) < 4.78 is 11.4. The summed E-state index contributed by atoms with van der Waals surface area (Å²) in [4.78, 5) is 17.1. The molecule has 3 aromatic rings. The Morgan fingerprint density at radius 2 is 1.95 bits per heavy atom. The molecule has 7 N–H and O–H groups in total. The van der Waals surface area contributed by atoms with Gasteiger partial charge in [0.1, 0.15) is 24.4 Å². The van der Waals surface area contributed by atoms with Crippen LogP contribution in [0.15, 0.2) is 54.7 Å². The van der Waals surface area contributed by atoms with E-state index in [1.165, 1.54) is 28.2 Å². The summed E-state index contributed by atoms with van der Waals surface area (Å²) in [7, 11) is 0. The van der Waals surface area contributed by atoms with E-state index >= 15 is 0 Å². The molecule has 11 nitrogen and oxygen atoms in total. The molecule has 0 radical (unpaired) electrons. The van der Waals surface area contributed by atoms with Crippen molar-refractivity contribution >= 4 is 22.9 Å². The number of fused-ring (bicyclic) bond motifs is 2. The van der Waals surface area contributed by atoms with E-state index in [0.717, 1.165) is 36.9 Å². The average Bonchev–Trinajstić information content (AvgIpc) is 3.61. The number of benzene rings is 2. The molecule has 1 unspecified atom stereocenters. The number of aryl methyl sites for hydroxylation is 1. The van der Waals surface area contributed by atoms with Crippen molar-refractivity contribution in [1.29, 1.82) is 0 Å². The van der Waals surface area contributed by atoms with Gasteiger partial charge < -0.3 is 34.9 Å². The van der Waals surface area contributed by atoms with Crippen LogP contribution < -0.4 is 5.48 Å². The Hall–Kier alpha value is -3.13. The minimum Gasteiger partial charge on any atom is -0.394 e. The number of ether oxygens (including phenoxy) is 2. The first kappa shape index (κ1) is 29.4. The molecule has 0 saturated carbocycles. The zero-order chi connectivity index (χ0) is 28.9. The number of hydrogen-bond acceptors (Lipinski definition) is 9. The quantitative estimate of drug-likeness (QED) is 0.102. The van der Waals surface area contributed by atoms with E-state index in [4.69, 9.17) is 14.7 Å². The van der Waals surface area contributed by atoms with Crippen molar-refractivity contribution in [2.75, 3.05) is 26.3 Å². The highest BCUT2D eigenvalue weighted by Gasteiger charge is 2.44. The fraction of sp³-hybridized carbons (Fsp3) is 0.433. The third-order valence-corrected chi connectivity index (χ3v) is 8.04. The molecule has 220 valence electrons. The molecule has 1 amide bonds. The van der Waals surface area contributed by atoms with Gasteiger partial charge in [-0.1, -0.05) is 36.4 Å². The molecule has 5 rings (SSSR count). The fourth-order valence-corrected chi connectivity index (χ4v) is 5.82. The molecular weight excluding hydrogens is 530 g/mol. The van der Waals surface area contributed by atoms with Gasteiger partial charge in [0.05, 0.1) is 13.2 Å². The largest absolute Gasteiger partial charge is 0.394 e. The van der Waals surface area contributed by atoms with Crippen LogP contribution in [0.3, 0.4) is 0 Å². The molecular formula is C30H37N3O8. The predicted octanol–water partition coefficient (Wildman–Crippen LogP) is 1.03. The number of hydrogen-bond donors (Lipinski definition) is 7. The van der Waals surface area contributed by atoms with Crippen LogP contribution in [0.2, 0.25) is 0 Å². The number of carbonyl (C=O) groups is 1. The van der Waals surface area contributed by atoms with E-state index in [-0.39, 0.29) is 12.6 Å². The number of H-pyrrole nitrogens is 1. The average molecular weight is 568 g/mol. The molecule has 2 aliphatic rings. The summed E-state index contributed by atoms with van der Waals surface area (Å²) in [5.74, 6) is -0.591. The van der Waals surface area contributed by atoms with Crippen molar-refractivity contribution in [2.24, 2.45) is 0 Å². The van der Waals surface area contributed by atoms with Crippen LogP contribution in [0.4, 0.5) is 0 Å². The zero-order valence-electron chi connectivity index (χ0n) is 22.6. The summed E-state index contributed by atoms with van der Waals surface area (Å²) >= 11 is 0. The van der Waals surface area contributed by atoms with Crippen LogP contribution in [0.25, 0.3) is 17.0 Å². The smallest absolute Gasteiger partial charge is 0.267 e. The predicted molar refractivity (Wildman–Crippen MR) is 150 cm³/mol. The van der Waals surface area contributed by atoms with Crippen LogP contribution >= 0.6 is 0 Å². The summed E-state index contributed by atoms with van der Waals surface area (Å²) in [5, 5.41) is 49.9. The topological polar surface area (TPSA) is 168 Å². The minimum absolute atomic E-state index is 0.118. The van der Waals surface area contributed by atoms with Crippen molar-refractivity contribution in [2.45, 2.75) is 56.0 Å². The van der Waals surface area contributed by atoms with Crippen molar-refractivity contribution in [3.63, 3.8) is 0 Å². The summed E-state index contributed by atoms with van der Waals surface area (Å²) in [6.07, 6.45) is 0.960. The lowest BCUT2D eigenvalue weighted by Crippen LogP contribution is -2.59. The van der Waals surface area contributed by atoms with Gasteiger partial charge in [0.15, 0.2) is 6.29 Å². The Balaban J connectivity index is 1.31. The third kappa shape index (κ3) is 6.53. The number of aliphatic hydroxyl groups is 4. The molecule has 1 saturated heterocycles. The molecule has 2 heterocycles. The molecule has 0 spiro atoms. The molecule has 1 aliphatic heterocycles. The number of hydroxylamine groups is 1. The summed E-state index contributed by atoms with van der Waals surface area (Å²) in [5.41, 5.74) is 7.14. The number of carbonyl (C=O) groups excluding carboxylic acids is 1. The number of rotatable bonds is 11. The molecule has 2 aromatic carbocycles. The van der Waals surface area contributed by atoms with Gasteiger partial charge in [-0.05, 0) is 53.7 Å². The Labute approximate surface area is 237 Å². The number of aliphatic hydroxyl groups excluding tert-OH is 4. The van der Waals surface area contributed by atoms with Crippen LogP contribution in [-0.4, -0.2) is 98.4 Å². The van der Waals surface area contributed by atoms with Crippen LogP contribution in [0.5, 0.6) is 0 Å². The van der Waals surface area contributed by atoms with Crippen LogP contribution in [0.1, 0.15) is 34.7 Å².